The lowest BCUT2D eigenvalue weighted by Crippen LogP contribution is -2.34. The zero-order chi connectivity index (χ0) is 19.2. The zero-order valence-electron chi connectivity index (χ0n) is 16.2. The van der Waals surface area contributed by atoms with Gasteiger partial charge in [-0.15, -0.1) is 0 Å². The van der Waals surface area contributed by atoms with Crippen LogP contribution < -0.4 is 4.74 Å². The van der Waals surface area contributed by atoms with Crippen LogP contribution in [0, 0.1) is 0 Å². The van der Waals surface area contributed by atoms with Crippen molar-refractivity contribution in [2.75, 3.05) is 13.2 Å². The summed E-state index contributed by atoms with van der Waals surface area (Å²) in [7, 11) is 0. The first-order valence-corrected chi connectivity index (χ1v) is 9.53. The average Bonchev–Trinajstić information content (AvgIpc) is 3.14. The van der Waals surface area contributed by atoms with Crippen LogP contribution >= 0.6 is 0 Å². The molecular weight excluding hydrogens is 348 g/mol. The Bertz CT molecular complexity index is 855. The highest BCUT2D eigenvalue weighted by Gasteiger charge is 2.47. The number of nitrogens with zero attached hydrogens (tertiary/aromatic N) is 2. The minimum Gasteiger partial charge on any atom is -0.490 e. The number of carbonyl (C=O) groups is 1. The van der Waals surface area contributed by atoms with Crippen LogP contribution in [0.15, 0.2) is 18.5 Å². The summed E-state index contributed by atoms with van der Waals surface area (Å²) in [6.07, 6.45) is 5.33. The second-order valence-corrected chi connectivity index (χ2v) is 7.83. The fraction of sp³-hybridized carbons (Fsp3) is 0.600. The van der Waals surface area contributed by atoms with Gasteiger partial charge in [-0.25, -0.2) is 9.78 Å². The van der Waals surface area contributed by atoms with Crippen molar-refractivity contribution in [1.29, 1.82) is 0 Å². The van der Waals surface area contributed by atoms with E-state index < -0.39 is 11.6 Å². The van der Waals surface area contributed by atoms with Crippen LogP contribution in [-0.2, 0) is 19.8 Å². The molecule has 0 saturated carbocycles. The first-order chi connectivity index (χ1) is 12.9. The summed E-state index contributed by atoms with van der Waals surface area (Å²) in [6, 6.07) is 1.78. The highest BCUT2D eigenvalue weighted by Crippen LogP contribution is 2.42. The molecule has 2 aromatic heterocycles. The number of hydrogen-bond donors (Lipinski definition) is 0. The number of carbonyl (C=O) groups excluding carboxylic acids is 1. The van der Waals surface area contributed by atoms with Crippen LogP contribution in [0.25, 0.3) is 5.65 Å². The van der Waals surface area contributed by atoms with Crippen LogP contribution in [0.2, 0.25) is 0 Å². The molecule has 2 aliphatic rings. The fourth-order valence-electron chi connectivity index (χ4n) is 3.68. The summed E-state index contributed by atoms with van der Waals surface area (Å²) >= 11 is 0. The highest BCUT2D eigenvalue weighted by atomic mass is 16.6. The molecule has 2 bridgehead atoms. The molecule has 1 unspecified atom stereocenters. The second-order valence-electron chi connectivity index (χ2n) is 7.83. The quantitative estimate of drug-likeness (QED) is 0.749. The zero-order valence-corrected chi connectivity index (χ0v) is 16.2. The van der Waals surface area contributed by atoms with Crippen molar-refractivity contribution in [2.45, 2.75) is 64.4 Å². The molecule has 0 aliphatic carbocycles. The molecule has 7 nitrogen and oxygen atoms in total. The predicted molar refractivity (Wildman–Crippen MR) is 98.1 cm³/mol. The molecule has 0 aromatic carbocycles. The van der Waals surface area contributed by atoms with Crippen molar-refractivity contribution >= 4 is 11.6 Å². The normalized spacial score (nSPS) is 24.7. The van der Waals surface area contributed by atoms with Crippen LogP contribution in [0.1, 0.15) is 56.6 Å². The molecule has 4 heterocycles. The Morgan fingerprint density at radius 2 is 2.11 bits per heavy atom. The molecule has 146 valence electrons. The molecule has 0 N–H and O–H groups in total. The van der Waals surface area contributed by atoms with Gasteiger partial charge in [0.25, 0.3) is 0 Å². The van der Waals surface area contributed by atoms with E-state index in [0.29, 0.717) is 30.2 Å². The number of fused-ring (bicyclic) bond motifs is 3. The summed E-state index contributed by atoms with van der Waals surface area (Å²) in [5.74, 6) is 0.0667. The Balaban J connectivity index is 1.75. The van der Waals surface area contributed by atoms with E-state index in [2.05, 4.69) is 0 Å². The summed E-state index contributed by atoms with van der Waals surface area (Å²) in [6.45, 7) is 8.67. The number of esters is 1. The van der Waals surface area contributed by atoms with Gasteiger partial charge in [0.15, 0.2) is 0 Å². The summed E-state index contributed by atoms with van der Waals surface area (Å²) in [4.78, 5) is 17.3. The molecule has 2 saturated heterocycles. The average molecular weight is 374 g/mol. The van der Waals surface area contributed by atoms with Crippen molar-refractivity contribution in [3.05, 3.63) is 29.7 Å². The van der Waals surface area contributed by atoms with Crippen LogP contribution in [0.4, 0.5) is 0 Å². The molecule has 2 aliphatic heterocycles. The van der Waals surface area contributed by atoms with E-state index >= 15 is 0 Å². The third-order valence-corrected chi connectivity index (χ3v) is 4.87. The van der Waals surface area contributed by atoms with E-state index in [9.17, 15) is 4.79 Å². The van der Waals surface area contributed by atoms with Gasteiger partial charge in [0.05, 0.1) is 37.2 Å². The van der Waals surface area contributed by atoms with Gasteiger partial charge in [0, 0.05) is 24.9 Å². The smallest absolute Gasteiger partial charge is 0.343 e. The Morgan fingerprint density at radius 1 is 1.30 bits per heavy atom. The van der Waals surface area contributed by atoms with Gasteiger partial charge in [-0.1, -0.05) is 0 Å². The second kappa shape index (κ2) is 6.80. The minimum absolute atomic E-state index is 0.0725. The standard InChI is InChI=1S/C20H26N2O5/c1-12(2)26-16-7-18-21-17(20-8-14(24-11-20)5-6-25-20)10-22(18)9-15(16)19(23)27-13(3)4/h7,9-10,12-14H,5-6,8,11H2,1-4H3/t14?,20-/m1/s1. The van der Waals surface area contributed by atoms with E-state index in [1.165, 1.54) is 0 Å². The molecule has 7 heteroatoms. The number of imidazole rings is 1. The molecule has 4 rings (SSSR count). The maximum Gasteiger partial charge on any atom is 0.343 e. The summed E-state index contributed by atoms with van der Waals surface area (Å²) < 4.78 is 25.0. The summed E-state index contributed by atoms with van der Waals surface area (Å²) in [5, 5.41) is 0. The molecule has 2 aromatic rings. The number of pyridine rings is 1. The third-order valence-electron chi connectivity index (χ3n) is 4.87. The van der Waals surface area contributed by atoms with Crippen LogP contribution in [0.3, 0.4) is 0 Å². The van der Waals surface area contributed by atoms with Crippen molar-refractivity contribution in [3.63, 3.8) is 0 Å². The SMILES string of the molecule is CC(C)OC(=O)c1cn2cc([C@@]34COC(CCO3)C4)nc2cc1OC(C)C. The van der Waals surface area contributed by atoms with Crippen molar-refractivity contribution in [2.24, 2.45) is 0 Å². The molecule has 2 atom stereocenters. The van der Waals surface area contributed by atoms with E-state index in [0.717, 1.165) is 18.5 Å². The van der Waals surface area contributed by atoms with Crippen molar-refractivity contribution in [3.8, 4) is 5.75 Å². The van der Waals surface area contributed by atoms with Crippen molar-refractivity contribution < 1.29 is 23.7 Å². The maximum atomic E-state index is 12.6. The van der Waals surface area contributed by atoms with E-state index in [1.807, 2.05) is 38.3 Å². The van der Waals surface area contributed by atoms with Gasteiger partial charge < -0.3 is 23.3 Å². The monoisotopic (exact) mass is 374 g/mol. The lowest BCUT2D eigenvalue weighted by molar-refractivity contribution is -0.0597. The highest BCUT2D eigenvalue weighted by molar-refractivity contribution is 5.93. The van der Waals surface area contributed by atoms with Gasteiger partial charge >= 0.3 is 5.97 Å². The molecule has 2 fully saturated rings. The van der Waals surface area contributed by atoms with E-state index in [4.69, 9.17) is 23.9 Å². The van der Waals surface area contributed by atoms with Gasteiger partial charge in [0.1, 0.15) is 22.6 Å². The van der Waals surface area contributed by atoms with Gasteiger partial charge in [0.2, 0.25) is 0 Å². The number of ether oxygens (including phenoxy) is 4. The largest absolute Gasteiger partial charge is 0.490 e. The Hall–Kier alpha value is -2.12. The third kappa shape index (κ3) is 3.41. The maximum absolute atomic E-state index is 12.6. The number of aromatic nitrogens is 2. The molecular formula is C20H26N2O5. The number of hydrogen-bond acceptors (Lipinski definition) is 6. The Morgan fingerprint density at radius 3 is 2.85 bits per heavy atom. The van der Waals surface area contributed by atoms with Crippen LogP contribution in [-0.4, -0.2) is 46.9 Å². The van der Waals surface area contributed by atoms with E-state index in [1.54, 1.807) is 12.3 Å². The Kier molecular flexibility index (Phi) is 4.60. The van der Waals surface area contributed by atoms with Gasteiger partial charge in [-0.05, 0) is 34.1 Å². The van der Waals surface area contributed by atoms with Crippen LogP contribution in [0.5, 0.6) is 5.75 Å². The lowest BCUT2D eigenvalue weighted by atomic mass is 9.93. The molecule has 27 heavy (non-hydrogen) atoms. The minimum atomic E-state index is -0.493. The topological polar surface area (TPSA) is 71.3 Å². The predicted octanol–water partition coefficient (Wildman–Crippen LogP) is 3.09. The first-order valence-electron chi connectivity index (χ1n) is 9.53. The molecule has 0 radical (unpaired) electrons. The number of rotatable bonds is 5. The first kappa shape index (κ1) is 18.3. The molecule has 0 spiro atoms. The Labute approximate surface area is 158 Å². The van der Waals surface area contributed by atoms with Gasteiger partial charge in [-0.3, -0.25) is 0 Å². The fourth-order valence-corrected chi connectivity index (χ4v) is 3.68. The van der Waals surface area contributed by atoms with E-state index in [-0.39, 0.29) is 18.3 Å². The van der Waals surface area contributed by atoms with Gasteiger partial charge in [-0.2, -0.15) is 0 Å². The molecule has 0 amide bonds. The summed E-state index contributed by atoms with van der Waals surface area (Å²) in [5.41, 5.74) is 1.42. The van der Waals surface area contributed by atoms with Crippen molar-refractivity contribution in [1.82, 2.24) is 9.38 Å². The lowest BCUT2D eigenvalue weighted by Gasteiger charge is -2.29.